The highest BCUT2D eigenvalue weighted by Crippen LogP contribution is 2.20. The van der Waals surface area contributed by atoms with E-state index >= 15 is 0 Å². The molecule has 0 heterocycles. The monoisotopic (exact) mass is 250 g/mol. The molecule has 0 nitrogen and oxygen atoms in total. The number of benzene rings is 1. The molecule has 0 atom stereocenters. The van der Waals surface area contributed by atoms with Crippen LogP contribution in [0.1, 0.15) is 45.1 Å². The van der Waals surface area contributed by atoms with Gasteiger partial charge in [-0.15, -0.1) is 0 Å². The van der Waals surface area contributed by atoms with Crippen molar-refractivity contribution in [1.29, 1.82) is 0 Å². The summed E-state index contributed by atoms with van der Waals surface area (Å²) in [5.74, 6) is 6.75. The van der Waals surface area contributed by atoms with Crippen LogP contribution < -0.4 is 0 Å². The van der Waals surface area contributed by atoms with Gasteiger partial charge in [0.1, 0.15) is 0 Å². The molecule has 0 aliphatic heterocycles. The lowest BCUT2D eigenvalue weighted by molar-refractivity contribution is 0.657. The average molecular weight is 250 g/mol. The van der Waals surface area contributed by atoms with Crippen LogP contribution in [0.15, 0.2) is 48.1 Å². The summed E-state index contributed by atoms with van der Waals surface area (Å²) in [7, 11) is 0. The first kappa shape index (κ1) is 13.7. The van der Waals surface area contributed by atoms with E-state index in [1.54, 1.807) is 0 Å². The Labute approximate surface area is 117 Å². The van der Waals surface area contributed by atoms with Gasteiger partial charge in [-0.3, -0.25) is 0 Å². The molecule has 1 aromatic carbocycles. The highest BCUT2D eigenvalue weighted by atomic mass is 14.1. The zero-order valence-electron chi connectivity index (χ0n) is 11.9. The summed E-state index contributed by atoms with van der Waals surface area (Å²) >= 11 is 0. The largest absolute Gasteiger partial charge is 0.0878 e. The van der Waals surface area contributed by atoms with Crippen LogP contribution in [-0.2, 0) is 0 Å². The number of hydrogen-bond donors (Lipinski definition) is 0. The van der Waals surface area contributed by atoms with Crippen LogP contribution in [0, 0.1) is 17.3 Å². The van der Waals surface area contributed by atoms with Crippen molar-refractivity contribution in [1.82, 2.24) is 0 Å². The van der Waals surface area contributed by atoms with E-state index in [2.05, 4.69) is 68.2 Å². The van der Waals surface area contributed by atoms with Gasteiger partial charge in [-0.05, 0) is 50.7 Å². The van der Waals surface area contributed by atoms with Gasteiger partial charge in [0.05, 0.1) is 0 Å². The molecule has 0 amide bonds. The van der Waals surface area contributed by atoms with Gasteiger partial charge in [-0.1, -0.05) is 60.4 Å². The molecular weight excluding hydrogens is 228 g/mol. The van der Waals surface area contributed by atoms with Gasteiger partial charge in [-0.25, -0.2) is 0 Å². The minimum absolute atomic E-state index is 0.0753. The van der Waals surface area contributed by atoms with Crippen LogP contribution in [0.4, 0.5) is 0 Å². The van der Waals surface area contributed by atoms with E-state index in [4.69, 9.17) is 0 Å². The van der Waals surface area contributed by atoms with Crippen molar-refractivity contribution < 1.29 is 0 Å². The molecule has 19 heavy (non-hydrogen) atoms. The normalized spacial score (nSPS) is 15.8. The van der Waals surface area contributed by atoms with Gasteiger partial charge < -0.3 is 0 Å². The van der Waals surface area contributed by atoms with Gasteiger partial charge >= 0.3 is 0 Å². The highest BCUT2D eigenvalue weighted by Gasteiger charge is 2.09. The van der Waals surface area contributed by atoms with Crippen molar-refractivity contribution in [2.45, 2.75) is 39.5 Å². The lowest BCUT2D eigenvalue weighted by Gasteiger charge is -2.12. The summed E-state index contributed by atoms with van der Waals surface area (Å²) in [6.45, 7) is 4.34. The molecule has 0 N–H and O–H groups in total. The van der Waals surface area contributed by atoms with Crippen LogP contribution in [0.25, 0.3) is 6.08 Å². The zero-order chi connectivity index (χ0) is 13.6. The van der Waals surface area contributed by atoms with E-state index in [-0.39, 0.29) is 5.41 Å². The summed E-state index contributed by atoms with van der Waals surface area (Å²) in [6, 6.07) is 10.4. The molecule has 1 aliphatic carbocycles. The van der Waals surface area contributed by atoms with Gasteiger partial charge in [0.2, 0.25) is 0 Å². The zero-order valence-corrected chi connectivity index (χ0v) is 11.9. The first-order valence-corrected chi connectivity index (χ1v) is 7.12. The van der Waals surface area contributed by atoms with Crippen LogP contribution in [-0.4, -0.2) is 0 Å². The predicted octanol–water partition coefficient (Wildman–Crippen LogP) is 5.23. The lowest BCUT2D eigenvalue weighted by atomic mass is 9.91. The van der Waals surface area contributed by atoms with Crippen molar-refractivity contribution in [3.63, 3.8) is 0 Å². The molecule has 0 saturated carbocycles. The summed E-state index contributed by atoms with van der Waals surface area (Å²) < 4.78 is 0. The molecule has 0 aromatic heterocycles. The summed E-state index contributed by atoms with van der Waals surface area (Å²) in [6.07, 6.45) is 11.6. The van der Waals surface area contributed by atoms with E-state index in [9.17, 15) is 0 Å². The van der Waals surface area contributed by atoms with Crippen molar-refractivity contribution in [2.75, 3.05) is 0 Å². The molecule has 0 bridgehead atoms. The Morgan fingerprint density at radius 3 is 2.58 bits per heavy atom. The predicted molar refractivity (Wildman–Crippen MR) is 83.6 cm³/mol. The number of allylic oxidation sites excluding steroid dienone is 3. The van der Waals surface area contributed by atoms with E-state index in [1.165, 1.54) is 30.4 Å². The van der Waals surface area contributed by atoms with Gasteiger partial charge in [0, 0.05) is 5.41 Å². The van der Waals surface area contributed by atoms with E-state index in [0.717, 1.165) is 6.42 Å². The molecule has 1 aromatic rings. The van der Waals surface area contributed by atoms with Gasteiger partial charge in [0.25, 0.3) is 0 Å². The fourth-order valence-electron chi connectivity index (χ4n) is 2.10. The SMILES string of the molecule is CC(C)(C#CC1=CCCCC1)/C=C/c1ccccc1. The maximum absolute atomic E-state index is 3.39. The van der Waals surface area contributed by atoms with Crippen LogP contribution in [0.2, 0.25) is 0 Å². The molecule has 0 saturated heterocycles. The molecule has 0 spiro atoms. The van der Waals surface area contributed by atoms with Crippen molar-refractivity contribution in [3.05, 3.63) is 53.6 Å². The second-order valence-electron chi connectivity index (χ2n) is 5.69. The Balaban J connectivity index is 2.04. The average Bonchev–Trinajstić information content (AvgIpc) is 2.46. The molecule has 1 aliphatic rings. The minimum atomic E-state index is -0.0753. The maximum Gasteiger partial charge on any atom is 0.0444 e. The third-order valence-electron chi connectivity index (χ3n) is 3.33. The Kier molecular flexibility index (Phi) is 4.63. The Morgan fingerprint density at radius 1 is 1.11 bits per heavy atom. The van der Waals surface area contributed by atoms with E-state index in [0.29, 0.717) is 0 Å². The maximum atomic E-state index is 3.39. The van der Waals surface area contributed by atoms with Gasteiger partial charge in [-0.2, -0.15) is 0 Å². The standard InChI is InChI=1S/C19H22/c1-19(2,15-13-17-9-5-3-6-10-17)16-14-18-11-7-4-8-12-18/h3,5-6,9-11,13,15H,4,7-8,12H2,1-2H3/b15-13+. The fourth-order valence-corrected chi connectivity index (χ4v) is 2.10. The smallest absolute Gasteiger partial charge is 0.0444 e. The quantitative estimate of drug-likeness (QED) is 0.630. The third-order valence-corrected chi connectivity index (χ3v) is 3.33. The first-order chi connectivity index (χ1) is 9.16. The Bertz CT molecular complexity index is 518. The third kappa shape index (κ3) is 4.79. The molecule has 0 fully saturated rings. The number of rotatable bonds is 2. The minimum Gasteiger partial charge on any atom is -0.0878 e. The molecule has 0 unspecified atom stereocenters. The van der Waals surface area contributed by atoms with Gasteiger partial charge in [0.15, 0.2) is 0 Å². The molecule has 0 radical (unpaired) electrons. The second kappa shape index (κ2) is 6.43. The first-order valence-electron chi connectivity index (χ1n) is 7.12. The Hall–Kier alpha value is -1.74. The fraction of sp³-hybridized carbons (Fsp3) is 0.368. The molecule has 2 rings (SSSR count). The van der Waals surface area contributed by atoms with E-state index in [1.807, 2.05) is 6.07 Å². The molecule has 98 valence electrons. The Morgan fingerprint density at radius 2 is 1.89 bits per heavy atom. The second-order valence-corrected chi connectivity index (χ2v) is 5.69. The topological polar surface area (TPSA) is 0 Å². The molecule has 0 heteroatoms. The van der Waals surface area contributed by atoms with E-state index < -0.39 is 0 Å². The summed E-state index contributed by atoms with van der Waals surface area (Å²) in [5, 5.41) is 0. The van der Waals surface area contributed by atoms with Crippen molar-refractivity contribution >= 4 is 6.08 Å². The molecular formula is C19H22. The van der Waals surface area contributed by atoms with Crippen LogP contribution in [0.5, 0.6) is 0 Å². The highest BCUT2D eigenvalue weighted by molar-refractivity contribution is 5.51. The number of hydrogen-bond acceptors (Lipinski definition) is 0. The van der Waals surface area contributed by atoms with Crippen molar-refractivity contribution in [2.24, 2.45) is 5.41 Å². The van der Waals surface area contributed by atoms with Crippen LogP contribution in [0.3, 0.4) is 0 Å². The van der Waals surface area contributed by atoms with Crippen molar-refractivity contribution in [3.8, 4) is 11.8 Å². The lowest BCUT2D eigenvalue weighted by Crippen LogP contribution is -2.03. The van der Waals surface area contributed by atoms with Crippen LogP contribution >= 0.6 is 0 Å². The summed E-state index contributed by atoms with van der Waals surface area (Å²) in [4.78, 5) is 0. The summed E-state index contributed by atoms with van der Waals surface area (Å²) in [5.41, 5.74) is 2.48.